The number of piperazine rings is 1. The highest BCUT2D eigenvalue weighted by molar-refractivity contribution is 5.74. The van der Waals surface area contributed by atoms with E-state index in [1.807, 2.05) is 55.5 Å². The van der Waals surface area contributed by atoms with Gasteiger partial charge < -0.3 is 28.9 Å². The predicted octanol–water partition coefficient (Wildman–Crippen LogP) is 1.52. The maximum absolute atomic E-state index is 13.2. The van der Waals surface area contributed by atoms with Crippen molar-refractivity contribution in [2.75, 3.05) is 49.7 Å². The molecule has 2 aromatic heterocycles. The third kappa shape index (κ3) is 5.22. The lowest BCUT2D eigenvalue weighted by Gasteiger charge is -2.37. The predicted molar refractivity (Wildman–Crippen MR) is 150 cm³/mol. The number of benzene rings is 2. The van der Waals surface area contributed by atoms with E-state index in [2.05, 4.69) is 9.80 Å². The standard InChI is InChI=1S/C28H34N6O5/c1-19-6-5-7-23(16-19)39-18-21(35)17-34-24-25(30(2)28(37)31(3)26(24)36)29-27(34)33-14-12-32(13-15-33)20-8-10-22(38-4)11-9-20/h5-11,16,21,35H,12-15,17-18H2,1-4H3/t21-/m0/s1. The van der Waals surface area contributed by atoms with Crippen LogP contribution in [-0.2, 0) is 20.6 Å². The number of nitrogens with zero attached hydrogens (tertiary/aromatic N) is 6. The zero-order chi connectivity index (χ0) is 27.7. The van der Waals surface area contributed by atoms with Gasteiger partial charge in [-0.1, -0.05) is 12.1 Å². The normalized spacial score (nSPS) is 14.6. The van der Waals surface area contributed by atoms with Crippen molar-refractivity contribution >= 4 is 22.8 Å². The molecule has 206 valence electrons. The summed E-state index contributed by atoms with van der Waals surface area (Å²) in [5, 5.41) is 11.0. The van der Waals surface area contributed by atoms with E-state index in [1.54, 1.807) is 18.7 Å². The Labute approximate surface area is 226 Å². The molecule has 0 aliphatic carbocycles. The number of methoxy groups -OCH3 is 1. The smallest absolute Gasteiger partial charge is 0.332 e. The molecule has 1 N–H and O–H groups in total. The van der Waals surface area contributed by atoms with Gasteiger partial charge in [0.25, 0.3) is 5.56 Å². The van der Waals surface area contributed by atoms with Gasteiger partial charge in [0.1, 0.15) is 24.2 Å². The molecule has 39 heavy (non-hydrogen) atoms. The molecule has 1 fully saturated rings. The summed E-state index contributed by atoms with van der Waals surface area (Å²) < 4.78 is 15.3. The molecule has 11 heteroatoms. The van der Waals surface area contributed by atoms with Crippen LogP contribution in [0.2, 0.25) is 0 Å². The van der Waals surface area contributed by atoms with Gasteiger partial charge in [0.05, 0.1) is 13.7 Å². The Morgan fingerprint density at radius 2 is 1.64 bits per heavy atom. The summed E-state index contributed by atoms with van der Waals surface area (Å²) in [6.45, 7) is 4.89. The molecule has 0 saturated carbocycles. The first kappa shape index (κ1) is 26.4. The Bertz CT molecular complexity index is 1580. The summed E-state index contributed by atoms with van der Waals surface area (Å²) in [6, 6.07) is 15.6. The van der Waals surface area contributed by atoms with E-state index in [1.165, 1.54) is 11.6 Å². The molecule has 0 unspecified atom stereocenters. The molecule has 5 rings (SSSR count). The first-order valence-corrected chi connectivity index (χ1v) is 12.9. The van der Waals surface area contributed by atoms with Crippen LogP contribution in [0.25, 0.3) is 11.2 Å². The van der Waals surface area contributed by atoms with Gasteiger partial charge in [-0.3, -0.25) is 13.9 Å². The van der Waals surface area contributed by atoms with Crippen molar-refractivity contribution < 1.29 is 14.6 Å². The fourth-order valence-corrected chi connectivity index (χ4v) is 4.97. The van der Waals surface area contributed by atoms with Crippen LogP contribution in [0.1, 0.15) is 5.56 Å². The van der Waals surface area contributed by atoms with E-state index >= 15 is 0 Å². The van der Waals surface area contributed by atoms with Gasteiger partial charge in [0.15, 0.2) is 11.2 Å². The van der Waals surface area contributed by atoms with Crippen LogP contribution in [0.15, 0.2) is 58.1 Å². The van der Waals surface area contributed by atoms with Crippen molar-refractivity contribution in [2.45, 2.75) is 19.6 Å². The van der Waals surface area contributed by atoms with E-state index in [0.717, 1.165) is 34.7 Å². The Morgan fingerprint density at radius 1 is 0.949 bits per heavy atom. The summed E-state index contributed by atoms with van der Waals surface area (Å²) in [6.07, 6.45) is -0.913. The van der Waals surface area contributed by atoms with Gasteiger partial charge in [0, 0.05) is 46.0 Å². The van der Waals surface area contributed by atoms with Crippen LogP contribution < -0.4 is 30.5 Å². The minimum absolute atomic E-state index is 0.0416. The third-order valence-electron chi connectivity index (χ3n) is 7.15. The SMILES string of the molecule is COc1ccc(N2CCN(c3nc4c(c(=O)n(C)c(=O)n4C)n3C[C@H](O)COc3cccc(C)c3)CC2)cc1. The second-order valence-corrected chi connectivity index (χ2v) is 9.85. The molecule has 1 saturated heterocycles. The second kappa shape index (κ2) is 10.9. The highest BCUT2D eigenvalue weighted by atomic mass is 16.5. The number of aromatic nitrogens is 4. The summed E-state index contributed by atoms with van der Waals surface area (Å²) in [7, 11) is 4.70. The van der Waals surface area contributed by atoms with Gasteiger partial charge in [-0.15, -0.1) is 0 Å². The average Bonchev–Trinajstić information content (AvgIpc) is 3.33. The molecule has 0 bridgehead atoms. The number of rotatable bonds is 8. The average molecular weight is 535 g/mol. The van der Waals surface area contributed by atoms with Crippen molar-refractivity contribution in [1.82, 2.24) is 18.7 Å². The third-order valence-corrected chi connectivity index (χ3v) is 7.15. The molecule has 1 aliphatic heterocycles. The lowest BCUT2D eigenvalue weighted by Crippen LogP contribution is -2.47. The highest BCUT2D eigenvalue weighted by Crippen LogP contribution is 2.25. The number of hydrogen-bond acceptors (Lipinski definition) is 8. The van der Waals surface area contributed by atoms with Crippen molar-refractivity contribution in [3.63, 3.8) is 0 Å². The first-order valence-electron chi connectivity index (χ1n) is 12.9. The molecular formula is C28H34N6O5. The van der Waals surface area contributed by atoms with E-state index < -0.39 is 17.4 Å². The first-order chi connectivity index (χ1) is 18.8. The summed E-state index contributed by atoms with van der Waals surface area (Å²) >= 11 is 0. The number of aliphatic hydroxyl groups is 1. The van der Waals surface area contributed by atoms with Crippen LogP contribution in [0, 0.1) is 6.92 Å². The number of imidazole rings is 1. The van der Waals surface area contributed by atoms with Gasteiger partial charge in [0.2, 0.25) is 5.95 Å². The Hall–Kier alpha value is -4.25. The van der Waals surface area contributed by atoms with Crippen molar-refractivity contribution in [2.24, 2.45) is 14.1 Å². The topological polar surface area (TPSA) is 107 Å². The molecule has 1 aliphatic rings. The Kier molecular flexibility index (Phi) is 7.34. The Morgan fingerprint density at radius 3 is 2.31 bits per heavy atom. The maximum atomic E-state index is 13.2. The zero-order valence-corrected chi connectivity index (χ0v) is 22.7. The lowest BCUT2D eigenvalue weighted by atomic mass is 10.2. The zero-order valence-electron chi connectivity index (χ0n) is 22.7. The van der Waals surface area contributed by atoms with E-state index in [-0.39, 0.29) is 18.7 Å². The molecular weight excluding hydrogens is 500 g/mol. The fourth-order valence-electron chi connectivity index (χ4n) is 4.97. The van der Waals surface area contributed by atoms with E-state index in [9.17, 15) is 14.7 Å². The second-order valence-electron chi connectivity index (χ2n) is 9.85. The lowest BCUT2D eigenvalue weighted by molar-refractivity contribution is 0.0936. The number of fused-ring (bicyclic) bond motifs is 1. The molecule has 3 heterocycles. The van der Waals surface area contributed by atoms with Crippen molar-refractivity contribution in [3.8, 4) is 11.5 Å². The van der Waals surface area contributed by atoms with Gasteiger partial charge >= 0.3 is 5.69 Å². The molecule has 0 spiro atoms. The van der Waals surface area contributed by atoms with Crippen LogP contribution >= 0.6 is 0 Å². The van der Waals surface area contributed by atoms with E-state index in [4.69, 9.17) is 14.5 Å². The monoisotopic (exact) mass is 534 g/mol. The summed E-state index contributed by atoms with van der Waals surface area (Å²) in [4.78, 5) is 35.0. The molecule has 4 aromatic rings. The molecule has 0 radical (unpaired) electrons. The highest BCUT2D eigenvalue weighted by Gasteiger charge is 2.27. The van der Waals surface area contributed by atoms with Gasteiger partial charge in [-0.2, -0.15) is 4.98 Å². The number of hydrogen-bond donors (Lipinski definition) is 1. The minimum Gasteiger partial charge on any atom is -0.497 e. The van der Waals surface area contributed by atoms with E-state index in [0.29, 0.717) is 30.4 Å². The van der Waals surface area contributed by atoms with Crippen LogP contribution in [-0.4, -0.2) is 69.8 Å². The summed E-state index contributed by atoms with van der Waals surface area (Å²) in [5.74, 6) is 2.02. The Balaban J connectivity index is 1.42. The minimum atomic E-state index is -0.913. The van der Waals surface area contributed by atoms with Crippen molar-refractivity contribution in [3.05, 3.63) is 74.9 Å². The van der Waals surface area contributed by atoms with Crippen LogP contribution in [0.4, 0.5) is 11.6 Å². The fraction of sp³-hybridized carbons (Fsp3) is 0.393. The molecule has 0 amide bonds. The number of aliphatic hydroxyl groups excluding tert-OH is 1. The molecule has 1 atom stereocenters. The number of anilines is 2. The van der Waals surface area contributed by atoms with Crippen molar-refractivity contribution in [1.29, 1.82) is 0 Å². The molecule has 2 aromatic carbocycles. The van der Waals surface area contributed by atoms with Gasteiger partial charge in [-0.05, 0) is 48.9 Å². The summed E-state index contributed by atoms with van der Waals surface area (Å²) in [5.41, 5.74) is 1.84. The number of ether oxygens (including phenoxy) is 2. The van der Waals surface area contributed by atoms with Gasteiger partial charge in [-0.25, -0.2) is 4.79 Å². The van der Waals surface area contributed by atoms with Crippen LogP contribution in [0.3, 0.4) is 0 Å². The number of aryl methyl sites for hydroxylation is 2. The maximum Gasteiger partial charge on any atom is 0.332 e. The largest absolute Gasteiger partial charge is 0.497 e. The van der Waals surface area contributed by atoms with Crippen LogP contribution in [0.5, 0.6) is 11.5 Å². The quantitative estimate of drug-likeness (QED) is 0.363. The molecule has 11 nitrogen and oxygen atoms in total.